The number of carboxylic acids is 1. The van der Waals surface area contributed by atoms with Crippen molar-refractivity contribution in [1.29, 1.82) is 0 Å². The fraction of sp³-hybridized carbons (Fsp3) is 0.167. The SMILES string of the molecule is COc1cc(Br)c(-c2[nH]c3cc(Cl)cc(Cl)c3c2CC(=O)O)cc1OC. The third-order valence-electron chi connectivity index (χ3n) is 3.99. The van der Waals surface area contributed by atoms with Gasteiger partial charge in [-0.15, -0.1) is 0 Å². The monoisotopic (exact) mass is 457 g/mol. The molecule has 1 heterocycles. The molecular formula is C18H14BrCl2NO4. The van der Waals surface area contributed by atoms with Crippen molar-refractivity contribution in [3.63, 3.8) is 0 Å². The lowest BCUT2D eigenvalue weighted by Crippen LogP contribution is -2.01. The van der Waals surface area contributed by atoms with Gasteiger partial charge in [-0.1, -0.05) is 23.2 Å². The second-order valence-electron chi connectivity index (χ2n) is 5.55. The molecule has 0 saturated carbocycles. The Morgan fingerprint density at radius 2 is 1.81 bits per heavy atom. The highest BCUT2D eigenvalue weighted by Crippen LogP contribution is 2.43. The van der Waals surface area contributed by atoms with Gasteiger partial charge in [-0.3, -0.25) is 4.79 Å². The number of rotatable bonds is 5. The van der Waals surface area contributed by atoms with Crippen molar-refractivity contribution in [1.82, 2.24) is 4.98 Å². The largest absolute Gasteiger partial charge is 0.493 e. The van der Waals surface area contributed by atoms with E-state index in [-0.39, 0.29) is 6.42 Å². The molecule has 136 valence electrons. The molecule has 0 aliphatic rings. The van der Waals surface area contributed by atoms with Crippen LogP contribution in [-0.4, -0.2) is 30.3 Å². The summed E-state index contributed by atoms with van der Waals surface area (Å²) >= 11 is 15.9. The standard InChI is InChI=1S/C18H14BrCl2NO4/c1-25-14-5-9(11(19)7-15(14)26-2)18-10(6-16(23)24)17-12(21)3-8(20)4-13(17)22-18/h3-5,7,22H,6H2,1-2H3,(H,23,24). The molecule has 2 N–H and O–H groups in total. The Bertz CT molecular complexity index is 1020. The maximum absolute atomic E-state index is 11.4. The molecule has 0 amide bonds. The Morgan fingerprint density at radius 1 is 1.15 bits per heavy atom. The number of aromatic amines is 1. The minimum Gasteiger partial charge on any atom is -0.493 e. The van der Waals surface area contributed by atoms with E-state index in [9.17, 15) is 9.90 Å². The molecule has 0 saturated heterocycles. The highest BCUT2D eigenvalue weighted by atomic mass is 79.9. The van der Waals surface area contributed by atoms with Gasteiger partial charge in [0.25, 0.3) is 0 Å². The molecule has 5 nitrogen and oxygen atoms in total. The molecule has 8 heteroatoms. The molecule has 2 aromatic carbocycles. The minimum atomic E-state index is -0.963. The van der Waals surface area contributed by atoms with Crippen LogP contribution < -0.4 is 9.47 Å². The number of hydrogen-bond acceptors (Lipinski definition) is 3. The zero-order chi connectivity index (χ0) is 19.0. The number of aromatic nitrogens is 1. The second-order valence-corrected chi connectivity index (χ2v) is 7.24. The predicted molar refractivity (Wildman–Crippen MR) is 106 cm³/mol. The minimum absolute atomic E-state index is 0.197. The summed E-state index contributed by atoms with van der Waals surface area (Å²) in [6, 6.07) is 6.84. The zero-order valence-electron chi connectivity index (χ0n) is 13.8. The van der Waals surface area contributed by atoms with Gasteiger partial charge in [-0.2, -0.15) is 0 Å². The number of benzene rings is 2. The first-order valence-electron chi connectivity index (χ1n) is 7.49. The molecule has 3 rings (SSSR count). The highest BCUT2D eigenvalue weighted by molar-refractivity contribution is 9.10. The first-order valence-corrected chi connectivity index (χ1v) is 9.03. The Morgan fingerprint density at radius 3 is 2.42 bits per heavy atom. The number of hydrogen-bond donors (Lipinski definition) is 2. The lowest BCUT2D eigenvalue weighted by Gasteiger charge is -2.12. The van der Waals surface area contributed by atoms with Crippen molar-refractivity contribution in [2.24, 2.45) is 0 Å². The molecule has 0 aliphatic carbocycles. The molecule has 1 aromatic heterocycles. The van der Waals surface area contributed by atoms with Crippen molar-refractivity contribution in [2.75, 3.05) is 14.2 Å². The van der Waals surface area contributed by atoms with Crippen LogP contribution >= 0.6 is 39.1 Å². The molecule has 0 atom stereocenters. The lowest BCUT2D eigenvalue weighted by molar-refractivity contribution is -0.136. The normalized spacial score (nSPS) is 11.0. The van der Waals surface area contributed by atoms with Crippen LogP contribution in [0.4, 0.5) is 0 Å². The Kier molecular flexibility index (Phi) is 5.37. The number of carboxylic acid groups (broad SMARTS) is 1. The summed E-state index contributed by atoms with van der Waals surface area (Å²) in [5.41, 5.74) is 2.58. The number of halogens is 3. The van der Waals surface area contributed by atoms with Crippen LogP contribution in [0.5, 0.6) is 11.5 Å². The maximum atomic E-state index is 11.4. The van der Waals surface area contributed by atoms with E-state index in [1.165, 1.54) is 7.11 Å². The predicted octanol–water partition coefficient (Wildman–Crippen LogP) is 5.55. The van der Waals surface area contributed by atoms with Gasteiger partial charge in [0.2, 0.25) is 0 Å². The third kappa shape index (κ3) is 3.37. The van der Waals surface area contributed by atoms with E-state index in [0.717, 1.165) is 10.0 Å². The van der Waals surface area contributed by atoms with Crippen LogP contribution in [0.3, 0.4) is 0 Å². The molecule has 0 fully saturated rings. The fourth-order valence-corrected chi connectivity index (χ4v) is 4.05. The summed E-state index contributed by atoms with van der Waals surface area (Å²) in [4.78, 5) is 14.7. The molecule has 0 unspecified atom stereocenters. The van der Waals surface area contributed by atoms with Crippen molar-refractivity contribution in [3.8, 4) is 22.8 Å². The maximum Gasteiger partial charge on any atom is 0.307 e. The number of H-pyrrole nitrogens is 1. The number of nitrogens with one attached hydrogen (secondary N) is 1. The summed E-state index contributed by atoms with van der Waals surface area (Å²) in [7, 11) is 3.08. The molecule has 3 aromatic rings. The van der Waals surface area contributed by atoms with Gasteiger partial charge in [0.15, 0.2) is 11.5 Å². The number of carbonyl (C=O) groups is 1. The fourth-order valence-electron chi connectivity index (χ4n) is 2.92. The average molecular weight is 459 g/mol. The quantitative estimate of drug-likeness (QED) is 0.525. The van der Waals surface area contributed by atoms with Crippen LogP contribution in [0.2, 0.25) is 10.0 Å². The van der Waals surface area contributed by atoms with E-state index >= 15 is 0 Å². The molecule has 0 spiro atoms. The van der Waals surface area contributed by atoms with E-state index in [2.05, 4.69) is 20.9 Å². The summed E-state index contributed by atoms with van der Waals surface area (Å²) in [6.45, 7) is 0. The average Bonchev–Trinajstić information content (AvgIpc) is 2.91. The van der Waals surface area contributed by atoms with Gasteiger partial charge in [0.05, 0.1) is 31.4 Å². The Labute approximate surface area is 167 Å². The van der Waals surface area contributed by atoms with E-state index in [1.807, 2.05) is 0 Å². The molecular weight excluding hydrogens is 445 g/mol. The number of methoxy groups -OCH3 is 2. The van der Waals surface area contributed by atoms with E-state index in [4.69, 9.17) is 32.7 Å². The number of aliphatic carboxylic acids is 1. The smallest absolute Gasteiger partial charge is 0.307 e. The second kappa shape index (κ2) is 7.39. The molecule has 0 aliphatic heterocycles. The first kappa shape index (κ1) is 18.9. The van der Waals surface area contributed by atoms with Gasteiger partial charge >= 0.3 is 5.97 Å². The first-order chi connectivity index (χ1) is 12.3. The number of ether oxygens (including phenoxy) is 2. The molecule has 0 bridgehead atoms. The zero-order valence-corrected chi connectivity index (χ0v) is 16.9. The van der Waals surface area contributed by atoms with Crippen molar-refractivity contribution in [3.05, 3.63) is 44.3 Å². The van der Waals surface area contributed by atoms with Crippen molar-refractivity contribution >= 4 is 56.0 Å². The van der Waals surface area contributed by atoms with E-state index in [0.29, 0.717) is 43.7 Å². The van der Waals surface area contributed by atoms with Crippen LogP contribution in [0, 0.1) is 0 Å². The van der Waals surface area contributed by atoms with Gasteiger partial charge in [-0.25, -0.2) is 0 Å². The molecule has 26 heavy (non-hydrogen) atoms. The van der Waals surface area contributed by atoms with Gasteiger partial charge in [0, 0.05) is 26.0 Å². The van der Waals surface area contributed by atoms with Crippen LogP contribution in [0.1, 0.15) is 5.56 Å². The molecule has 0 radical (unpaired) electrons. The van der Waals surface area contributed by atoms with E-state index in [1.54, 1.807) is 31.4 Å². The Hall–Kier alpha value is -1.89. The highest BCUT2D eigenvalue weighted by Gasteiger charge is 2.21. The van der Waals surface area contributed by atoms with Crippen LogP contribution in [0.15, 0.2) is 28.7 Å². The van der Waals surface area contributed by atoms with Crippen LogP contribution in [0.25, 0.3) is 22.2 Å². The summed E-state index contributed by atoms with van der Waals surface area (Å²) in [6.07, 6.45) is -0.197. The van der Waals surface area contributed by atoms with E-state index < -0.39 is 5.97 Å². The topological polar surface area (TPSA) is 71.6 Å². The third-order valence-corrected chi connectivity index (χ3v) is 5.16. The number of fused-ring (bicyclic) bond motifs is 1. The summed E-state index contributed by atoms with van der Waals surface area (Å²) in [5, 5.41) is 10.9. The van der Waals surface area contributed by atoms with Crippen LogP contribution in [-0.2, 0) is 11.2 Å². The lowest BCUT2D eigenvalue weighted by atomic mass is 10.0. The summed E-state index contributed by atoms with van der Waals surface area (Å²) < 4.78 is 11.4. The van der Waals surface area contributed by atoms with Gasteiger partial charge < -0.3 is 19.6 Å². The van der Waals surface area contributed by atoms with Gasteiger partial charge in [-0.05, 0) is 45.8 Å². The summed E-state index contributed by atoms with van der Waals surface area (Å²) in [5.74, 6) is 0.115. The van der Waals surface area contributed by atoms with Gasteiger partial charge in [0.1, 0.15) is 0 Å². The van der Waals surface area contributed by atoms with Crippen molar-refractivity contribution in [2.45, 2.75) is 6.42 Å². The Balaban J connectivity index is 2.34. The van der Waals surface area contributed by atoms with Crippen molar-refractivity contribution < 1.29 is 19.4 Å².